The molecule has 0 unspecified atom stereocenters. The Morgan fingerprint density at radius 3 is 3.15 bits per heavy atom. The predicted molar refractivity (Wildman–Crippen MR) is 50.1 cm³/mol. The van der Waals surface area contributed by atoms with Crippen LogP contribution in [0.3, 0.4) is 0 Å². The van der Waals surface area contributed by atoms with Crippen LogP contribution in [0.2, 0.25) is 0 Å². The Kier molecular flexibility index (Phi) is 3.45. The molecule has 72 valence electrons. The van der Waals surface area contributed by atoms with E-state index in [2.05, 4.69) is 15.5 Å². The highest BCUT2D eigenvalue weighted by Gasteiger charge is 2.12. The maximum Gasteiger partial charge on any atom is 0.241 e. The molecule has 0 spiro atoms. The van der Waals surface area contributed by atoms with Crippen LogP contribution in [0, 0.1) is 0 Å². The van der Waals surface area contributed by atoms with E-state index in [0.717, 1.165) is 6.42 Å². The summed E-state index contributed by atoms with van der Waals surface area (Å²) in [6.07, 6.45) is 4.75. The lowest BCUT2D eigenvalue weighted by molar-refractivity contribution is -0.117. The predicted octanol–water partition coefficient (Wildman–Crippen LogP) is 0.476. The van der Waals surface area contributed by atoms with Crippen molar-refractivity contribution in [1.82, 2.24) is 10.2 Å². The third-order valence-corrected chi connectivity index (χ3v) is 1.70. The summed E-state index contributed by atoms with van der Waals surface area (Å²) >= 11 is 0. The van der Waals surface area contributed by atoms with Gasteiger partial charge in [-0.1, -0.05) is 13.3 Å². The van der Waals surface area contributed by atoms with Gasteiger partial charge in [0.15, 0.2) is 0 Å². The molecule has 1 rings (SSSR count). The molecule has 1 aromatic heterocycles. The fourth-order valence-electron chi connectivity index (χ4n) is 0.996. The quantitative estimate of drug-likeness (QED) is 0.633. The number of nitrogens with one attached hydrogen (secondary N) is 2. The third-order valence-electron chi connectivity index (χ3n) is 1.70. The Hall–Kier alpha value is -1.36. The van der Waals surface area contributed by atoms with Crippen LogP contribution < -0.4 is 11.1 Å². The Morgan fingerprint density at radius 2 is 2.62 bits per heavy atom. The second-order valence-corrected chi connectivity index (χ2v) is 2.87. The molecule has 0 fully saturated rings. The number of carbonyl (C=O) groups is 1. The van der Waals surface area contributed by atoms with Gasteiger partial charge in [0.25, 0.3) is 0 Å². The molecule has 1 atom stereocenters. The van der Waals surface area contributed by atoms with Gasteiger partial charge in [-0.25, -0.2) is 0 Å². The molecule has 4 N–H and O–H groups in total. The first-order chi connectivity index (χ1) is 6.24. The molecule has 0 aromatic carbocycles. The summed E-state index contributed by atoms with van der Waals surface area (Å²) < 4.78 is 0. The van der Waals surface area contributed by atoms with E-state index in [0.29, 0.717) is 12.1 Å². The van der Waals surface area contributed by atoms with Gasteiger partial charge in [-0.2, -0.15) is 5.10 Å². The fourth-order valence-corrected chi connectivity index (χ4v) is 0.996. The van der Waals surface area contributed by atoms with Gasteiger partial charge in [-0.15, -0.1) is 0 Å². The molecule has 0 radical (unpaired) electrons. The zero-order chi connectivity index (χ0) is 9.68. The van der Waals surface area contributed by atoms with Gasteiger partial charge in [0.05, 0.1) is 17.9 Å². The average molecular weight is 182 g/mol. The van der Waals surface area contributed by atoms with Crippen molar-refractivity contribution >= 4 is 11.6 Å². The Morgan fingerprint density at radius 1 is 1.85 bits per heavy atom. The van der Waals surface area contributed by atoms with E-state index < -0.39 is 6.04 Å². The van der Waals surface area contributed by atoms with Crippen molar-refractivity contribution in [3.05, 3.63) is 12.4 Å². The zero-order valence-corrected chi connectivity index (χ0v) is 7.58. The number of hydrogen-bond donors (Lipinski definition) is 3. The molecule has 5 heteroatoms. The summed E-state index contributed by atoms with van der Waals surface area (Å²) in [5, 5.41) is 8.95. The molecule has 1 heterocycles. The van der Waals surface area contributed by atoms with Gasteiger partial charge >= 0.3 is 0 Å². The van der Waals surface area contributed by atoms with Gasteiger partial charge in [-0.05, 0) is 6.42 Å². The molecule has 1 amide bonds. The van der Waals surface area contributed by atoms with Crippen molar-refractivity contribution in [3.8, 4) is 0 Å². The Bertz CT molecular complexity index is 257. The molecule has 13 heavy (non-hydrogen) atoms. The van der Waals surface area contributed by atoms with Crippen molar-refractivity contribution in [2.45, 2.75) is 25.8 Å². The summed E-state index contributed by atoms with van der Waals surface area (Å²) in [5.41, 5.74) is 6.25. The van der Waals surface area contributed by atoms with Gasteiger partial charge in [-0.3, -0.25) is 9.89 Å². The second-order valence-electron chi connectivity index (χ2n) is 2.87. The van der Waals surface area contributed by atoms with E-state index in [1.165, 1.54) is 6.20 Å². The number of hydrogen-bond acceptors (Lipinski definition) is 3. The third kappa shape index (κ3) is 2.87. The highest BCUT2D eigenvalue weighted by molar-refractivity contribution is 5.94. The van der Waals surface area contributed by atoms with Crippen LogP contribution in [-0.2, 0) is 4.79 Å². The lowest BCUT2D eigenvalue weighted by Crippen LogP contribution is -2.35. The Labute approximate surface area is 76.7 Å². The zero-order valence-electron chi connectivity index (χ0n) is 7.58. The number of aromatic nitrogens is 2. The average Bonchev–Trinajstić information content (AvgIpc) is 2.57. The number of nitrogens with two attached hydrogens (primary N) is 1. The lowest BCUT2D eigenvalue weighted by Gasteiger charge is -2.08. The maximum atomic E-state index is 11.3. The SMILES string of the molecule is CCC[C@H](N)C(=O)Nc1cn[nH]c1. The monoisotopic (exact) mass is 182 g/mol. The molecule has 0 aliphatic carbocycles. The van der Waals surface area contributed by atoms with E-state index in [1.807, 2.05) is 6.92 Å². The smallest absolute Gasteiger partial charge is 0.241 e. The summed E-state index contributed by atoms with van der Waals surface area (Å²) in [7, 11) is 0. The highest BCUT2D eigenvalue weighted by atomic mass is 16.2. The maximum absolute atomic E-state index is 11.3. The van der Waals surface area contributed by atoms with Crippen molar-refractivity contribution in [3.63, 3.8) is 0 Å². The molecule has 0 saturated carbocycles. The fraction of sp³-hybridized carbons (Fsp3) is 0.500. The standard InChI is InChI=1S/C8H14N4O/c1-2-3-7(9)8(13)12-6-4-10-11-5-6/h4-5,7H,2-3,9H2,1H3,(H,10,11)(H,12,13)/t7-/m0/s1. The molecule has 5 nitrogen and oxygen atoms in total. The van der Waals surface area contributed by atoms with E-state index in [-0.39, 0.29) is 5.91 Å². The molecule has 0 aliphatic heterocycles. The van der Waals surface area contributed by atoms with Crippen LogP contribution in [0.1, 0.15) is 19.8 Å². The van der Waals surface area contributed by atoms with Crippen LogP contribution in [0.25, 0.3) is 0 Å². The summed E-state index contributed by atoms with van der Waals surface area (Å²) in [4.78, 5) is 11.3. The molecular formula is C8H14N4O. The van der Waals surface area contributed by atoms with E-state index >= 15 is 0 Å². The van der Waals surface area contributed by atoms with Crippen molar-refractivity contribution in [1.29, 1.82) is 0 Å². The first-order valence-electron chi connectivity index (χ1n) is 4.29. The Balaban J connectivity index is 2.41. The minimum atomic E-state index is -0.431. The van der Waals surface area contributed by atoms with E-state index in [1.54, 1.807) is 6.20 Å². The summed E-state index contributed by atoms with van der Waals surface area (Å²) in [6, 6.07) is -0.431. The molecule has 1 aromatic rings. The molecular weight excluding hydrogens is 168 g/mol. The second kappa shape index (κ2) is 4.61. The number of rotatable bonds is 4. The number of carbonyl (C=O) groups excluding carboxylic acids is 1. The van der Waals surface area contributed by atoms with Crippen LogP contribution in [0.15, 0.2) is 12.4 Å². The van der Waals surface area contributed by atoms with Gasteiger partial charge in [0, 0.05) is 6.20 Å². The van der Waals surface area contributed by atoms with Crippen molar-refractivity contribution in [2.24, 2.45) is 5.73 Å². The number of anilines is 1. The normalized spacial score (nSPS) is 12.5. The van der Waals surface area contributed by atoms with Gasteiger partial charge < -0.3 is 11.1 Å². The number of nitrogens with zero attached hydrogens (tertiary/aromatic N) is 1. The van der Waals surface area contributed by atoms with E-state index in [9.17, 15) is 4.79 Å². The molecule has 0 saturated heterocycles. The molecule has 0 bridgehead atoms. The minimum absolute atomic E-state index is 0.164. The lowest BCUT2D eigenvalue weighted by atomic mass is 10.2. The topological polar surface area (TPSA) is 83.8 Å². The van der Waals surface area contributed by atoms with Crippen LogP contribution in [-0.4, -0.2) is 22.1 Å². The van der Waals surface area contributed by atoms with Crippen LogP contribution in [0.5, 0.6) is 0 Å². The first kappa shape index (κ1) is 9.73. The number of amides is 1. The summed E-state index contributed by atoms with van der Waals surface area (Å²) in [5.74, 6) is -0.164. The minimum Gasteiger partial charge on any atom is -0.322 e. The van der Waals surface area contributed by atoms with Gasteiger partial charge in [0.1, 0.15) is 0 Å². The van der Waals surface area contributed by atoms with Crippen LogP contribution in [0.4, 0.5) is 5.69 Å². The van der Waals surface area contributed by atoms with Gasteiger partial charge in [0.2, 0.25) is 5.91 Å². The van der Waals surface area contributed by atoms with Crippen molar-refractivity contribution < 1.29 is 4.79 Å². The van der Waals surface area contributed by atoms with Crippen molar-refractivity contribution in [2.75, 3.05) is 5.32 Å². The van der Waals surface area contributed by atoms with E-state index in [4.69, 9.17) is 5.73 Å². The van der Waals surface area contributed by atoms with Crippen LogP contribution >= 0.6 is 0 Å². The number of aromatic amines is 1. The molecule has 0 aliphatic rings. The highest BCUT2D eigenvalue weighted by Crippen LogP contribution is 2.03. The number of H-pyrrole nitrogens is 1. The first-order valence-corrected chi connectivity index (χ1v) is 4.29. The summed E-state index contributed by atoms with van der Waals surface area (Å²) in [6.45, 7) is 1.99. The largest absolute Gasteiger partial charge is 0.322 e.